The Bertz CT molecular complexity index is 917. The van der Waals surface area contributed by atoms with Crippen molar-refractivity contribution in [1.29, 1.82) is 0 Å². The minimum absolute atomic E-state index is 0.0145. The first kappa shape index (κ1) is 15.6. The Morgan fingerprint density at radius 3 is 2.79 bits per heavy atom. The normalized spacial score (nSPS) is 25.8. The van der Waals surface area contributed by atoms with Crippen LogP contribution in [0.5, 0.6) is 0 Å². The van der Waals surface area contributed by atoms with Crippen LogP contribution in [0.25, 0.3) is 0 Å². The van der Waals surface area contributed by atoms with E-state index in [9.17, 15) is 8.42 Å². The van der Waals surface area contributed by atoms with Crippen LogP contribution in [0.3, 0.4) is 0 Å². The second kappa shape index (κ2) is 5.55. The summed E-state index contributed by atoms with van der Waals surface area (Å²) in [7, 11) is -3.17. The van der Waals surface area contributed by atoms with Crippen molar-refractivity contribution in [2.45, 2.75) is 41.9 Å². The first-order valence-corrected chi connectivity index (χ1v) is 10.3. The Balaban J connectivity index is 1.69. The summed E-state index contributed by atoms with van der Waals surface area (Å²) < 4.78 is 23.7. The Morgan fingerprint density at radius 2 is 1.96 bits per heavy atom. The van der Waals surface area contributed by atoms with Crippen LogP contribution in [0.4, 0.5) is 5.69 Å². The van der Waals surface area contributed by atoms with Crippen molar-refractivity contribution in [3.05, 3.63) is 59.7 Å². The summed E-state index contributed by atoms with van der Waals surface area (Å²) in [5, 5.41) is 0. The molecule has 1 aliphatic heterocycles. The van der Waals surface area contributed by atoms with E-state index >= 15 is 0 Å². The molecule has 0 N–H and O–H groups in total. The molecule has 1 fully saturated rings. The van der Waals surface area contributed by atoms with Gasteiger partial charge in [0.25, 0.3) is 0 Å². The van der Waals surface area contributed by atoms with Crippen LogP contribution in [-0.4, -0.2) is 20.9 Å². The zero-order valence-electron chi connectivity index (χ0n) is 13.8. The summed E-state index contributed by atoms with van der Waals surface area (Å²) in [6.45, 7) is 0. The van der Waals surface area contributed by atoms with Crippen LogP contribution in [0.2, 0.25) is 0 Å². The molecular formula is C20H21NO2S. The van der Waals surface area contributed by atoms with E-state index in [1.807, 2.05) is 18.2 Å². The molecule has 2 unspecified atom stereocenters. The molecule has 24 heavy (non-hydrogen) atoms. The standard InChI is InChI=1S/C20H21NO2S/c1-24(22,23)17-8-4-6-15(12-17)16-7-5-11-20(13-16)14-21-19-10-3-2-9-18(19)20/h2-4,6,8-10,12,14,16H,5,7,11,13H2,1H3. The molecule has 0 bridgehead atoms. The molecule has 1 saturated carbocycles. The molecule has 2 atom stereocenters. The van der Waals surface area contributed by atoms with Gasteiger partial charge in [0.2, 0.25) is 0 Å². The Labute approximate surface area is 143 Å². The Kier molecular flexibility index (Phi) is 3.61. The smallest absolute Gasteiger partial charge is 0.175 e. The van der Waals surface area contributed by atoms with Crippen LogP contribution in [0.1, 0.15) is 42.7 Å². The van der Waals surface area contributed by atoms with E-state index < -0.39 is 9.84 Å². The molecule has 4 rings (SSSR count). The molecule has 1 aliphatic carbocycles. The van der Waals surface area contributed by atoms with Gasteiger partial charge in [-0.25, -0.2) is 8.42 Å². The van der Waals surface area contributed by atoms with Gasteiger partial charge in [-0.1, -0.05) is 36.8 Å². The maximum atomic E-state index is 11.9. The highest BCUT2D eigenvalue weighted by Gasteiger charge is 2.41. The lowest BCUT2D eigenvalue weighted by Crippen LogP contribution is -2.32. The first-order valence-electron chi connectivity index (χ1n) is 8.43. The molecule has 3 nitrogen and oxygen atoms in total. The van der Waals surface area contributed by atoms with E-state index in [1.54, 1.807) is 6.07 Å². The first-order chi connectivity index (χ1) is 11.5. The summed E-state index contributed by atoms with van der Waals surface area (Å²) >= 11 is 0. The molecule has 1 heterocycles. The molecule has 2 aliphatic rings. The van der Waals surface area contributed by atoms with Gasteiger partial charge in [-0.2, -0.15) is 0 Å². The van der Waals surface area contributed by atoms with Crippen molar-refractivity contribution in [2.24, 2.45) is 4.99 Å². The number of rotatable bonds is 2. The number of aliphatic imine (C=N–C) groups is 1. The third-order valence-electron chi connectivity index (χ3n) is 5.43. The van der Waals surface area contributed by atoms with Crippen molar-refractivity contribution in [2.75, 3.05) is 6.26 Å². The second-order valence-electron chi connectivity index (χ2n) is 7.07. The molecule has 2 aromatic rings. The van der Waals surface area contributed by atoms with Crippen molar-refractivity contribution in [3.8, 4) is 0 Å². The largest absolute Gasteiger partial charge is 0.260 e. The van der Waals surface area contributed by atoms with Gasteiger partial charge < -0.3 is 0 Å². The van der Waals surface area contributed by atoms with Crippen LogP contribution in [0.15, 0.2) is 58.4 Å². The Morgan fingerprint density at radius 1 is 1.12 bits per heavy atom. The van der Waals surface area contributed by atoms with Gasteiger partial charge in [0.1, 0.15) is 0 Å². The summed E-state index contributed by atoms with van der Waals surface area (Å²) in [5.41, 5.74) is 3.56. The number of nitrogens with zero attached hydrogens (tertiary/aromatic N) is 1. The summed E-state index contributed by atoms with van der Waals surface area (Å²) in [5.74, 6) is 0.373. The van der Waals surface area contributed by atoms with Crippen LogP contribution in [-0.2, 0) is 15.3 Å². The summed E-state index contributed by atoms with van der Waals surface area (Å²) in [6, 6.07) is 15.9. The molecule has 124 valence electrons. The van der Waals surface area contributed by atoms with Crippen LogP contribution >= 0.6 is 0 Å². The van der Waals surface area contributed by atoms with E-state index in [1.165, 1.54) is 11.8 Å². The predicted octanol–water partition coefficient (Wildman–Crippen LogP) is 4.40. The topological polar surface area (TPSA) is 46.5 Å². The Hall–Kier alpha value is -1.94. The zero-order valence-corrected chi connectivity index (χ0v) is 14.6. The number of fused-ring (bicyclic) bond motifs is 2. The predicted molar refractivity (Wildman–Crippen MR) is 97.0 cm³/mol. The average molecular weight is 339 g/mol. The fourth-order valence-electron chi connectivity index (χ4n) is 4.22. The van der Waals surface area contributed by atoms with E-state index in [0.717, 1.165) is 36.9 Å². The molecule has 0 saturated heterocycles. The third-order valence-corrected chi connectivity index (χ3v) is 6.55. The highest BCUT2D eigenvalue weighted by Crippen LogP contribution is 2.50. The molecule has 0 aromatic heterocycles. The summed E-state index contributed by atoms with van der Waals surface area (Å²) in [6.07, 6.45) is 7.76. The van der Waals surface area contributed by atoms with Gasteiger partial charge in [-0.3, -0.25) is 4.99 Å². The lowest BCUT2D eigenvalue weighted by atomic mass is 9.66. The lowest BCUT2D eigenvalue weighted by Gasteiger charge is -2.37. The number of hydrogen-bond donors (Lipinski definition) is 0. The molecule has 2 aromatic carbocycles. The molecular weight excluding hydrogens is 318 g/mol. The minimum atomic E-state index is -3.17. The highest BCUT2D eigenvalue weighted by molar-refractivity contribution is 7.90. The lowest BCUT2D eigenvalue weighted by molar-refractivity contribution is 0.349. The van der Waals surface area contributed by atoms with Crippen molar-refractivity contribution in [3.63, 3.8) is 0 Å². The number of benzene rings is 2. The number of hydrogen-bond acceptors (Lipinski definition) is 3. The molecule has 0 amide bonds. The fraction of sp³-hybridized carbons (Fsp3) is 0.350. The van der Waals surface area contributed by atoms with E-state index in [4.69, 9.17) is 0 Å². The van der Waals surface area contributed by atoms with Gasteiger partial charge in [-0.05, 0) is 54.5 Å². The fourth-order valence-corrected chi connectivity index (χ4v) is 4.90. The number of sulfone groups is 1. The quantitative estimate of drug-likeness (QED) is 0.814. The third kappa shape index (κ3) is 2.59. The molecule has 4 heteroatoms. The van der Waals surface area contributed by atoms with E-state index in [2.05, 4.69) is 35.5 Å². The van der Waals surface area contributed by atoms with E-state index in [0.29, 0.717) is 10.8 Å². The summed E-state index contributed by atoms with van der Waals surface area (Å²) in [4.78, 5) is 5.06. The van der Waals surface area contributed by atoms with E-state index in [-0.39, 0.29) is 5.41 Å². The van der Waals surface area contributed by atoms with Gasteiger partial charge >= 0.3 is 0 Å². The van der Waals surface area contributed by atoms with Gasteiger partial charge in [0.15, 0.2) is 9.84 Å². The molecule has 1 spiro atoms. The SMILES string of the molecule is CS(=O)(=O)c1cccc(C2CCCC3(C=Nc4ccccc43)C2)c1. The second-order valence-corrected chi connectivity index (χ2v) is 9.09. The van der Waals surface area contributed by atoms with Gasteiger partial charge in [0.05, 0.1) is 10.6 Å². The zero-order chi connectivity index (χ0) is 16.8. The van der Waals surface area contributed by atoms with Crippen molar-refractivity contribution < 1.29 is 8.42 Å². The van der Waals surface area contributed by atoms with Gasteiger partial charge in [0, 0.05) is 17.9 Å². The van der Waals surface area contributed by atoms with Crippen molar-refractivity contribution >= 4 is 21.7 Å². The minimum Gasteiger partial charge on any atom is -0.260 e. The van der Waals surface area contributed by atoms with Crippen LogP contribution < -0.4 is 0 Å². The highest BCUT2D eigenvalue weighted by atomic mass is 32.2. The number of para-hydroxylation sites is 1. The van der Waals surface area contributed by atoms with Crippen LogP contribution in [0, 0.1) is 0 Å². The maximum Gasteiger partial charge on any atom is 0.175 e. The van der Waals surface area contributed by atoms with Crippen molar-refractivity contribution in [1.82, 2.24) is 0 Å². The van der Waals surface area contributed by atoms with Gasteiger partial charge in [-0.15, -0.1) is 0 Å². The monoisotopic (exact) mass is 339 g/mol. The maximum absolute atomic E-state index is 11.9. The molecule has 0 radical (unpaired) electrons. The average Bonchev–Trinajstić information content (AvgIpc) is 2.93.